The Balaban J connectivity index is 3.25. The molecule has 1 heterocycles. The first-order valence-corrected chi connectivity index (χ1v) is 5.51. The molecule has 1 aromatic heterocycles. The van der Waals surface area contributed by atoms with E-state index in [1.54, 1.807) is 0 Å². The molecule has 0 spiro atoms. The fourth-order valence-corrected chi connectivity index (χ4v) is 2.41. The minimum absolute atomic E-state index is 0.0741. The van der Waals surface area contributed by atoms with Gasteiger partial charge in [0.2, 0.25) is 0 Å². The molecule has 16 heavy (non-hydrogen) atoms. The standard InChI is InChI=1S/C13H21N3/c1-12(2,9-14)11(13(3,4)10-15)16-7-5-6-8-16/h5-11,14-15H,1-4H3. The lowest BCUT2D eigenvalue weighted by Gasteiger charge is -2.41. The zero-order valence-electron chi connectivity index (χ0n) is 10.5. The fraction of sp³-hybridized carbons (Fsp3) is 0.538. The average molecular weight is 219 g/mol. The van der Waals surface area contributed by atoms with Crippen molar-refractivity contribution in [3.63, 3.8) is 0 Å². The smallest absolute Gasteiger partial charge is 0.0531 e. The molecule has 3 heteroatoms. The Hall–Kier alpha value is -1.38. The van der Waals surface area contributed by atoms with Gasteiger partial charge in [0.1, 0.15) is 0 Å². The zero-order valence-corrected chi connectivity index (χ0v) is 10.5. The highest BCUT2D eigenvalue weighted by molar-refractivity contribution is 5.67. The number of nitrogens with one attached hydrogen (secondary N) is 2. The highest BCUT2D eigenvalue weighted by Gasteiger charge is 2.39. The third kappa shape index (κ3) is 2.23. The number of rotatable bonds is 5. The van der Waals surface area contributed by atoms with Gasteiger partial charge in [0.05, 0.1) is 6.04 Å². The summed E-state index contributed by atoms with van der Waals surface area (Å²) in [6.07, 6.45) is 6.95. The molecule has 1 rings (SSSR count). The Kier molecular flexibility index (Phi) is 3.36. The molecule has 1 aromatic rings. The van der Waals surface area contributed by atoms with Gasteiger partial charge >= 0.3 is 0 Å². The maximum absolute atomic E-state index is 7.58. The van der Waals surface area contributed by atoms with Crippen LogP contribution >= 0.6 is 0 Å². The summed E-state index contributed by atoms with van der Waals surface area (Å²) in [4.78, 5) is 0. The van der Waals surface area contributed by atoms with E-state index >= 15 is 0 Å². The van der Waals surface area contributed by atoms with Gasteiger partial charge in [-0.2, -0.15) is 0 Å². The van der Waals surface area contributed by atoms with Crippen LogP contribution < -0.4 is 0 Å². The molecule has 0 fully saturated rings. The van der Waals surface area contributed by atoms with Crippen molar-refractivity contribution < 1.29 is 0 Å². The maximum atomic E-state index is 7.58. The average Bonchev–Trinajstić information content (AvgIpc) is 2.70. The predicted molar refractivity (Wildman–Crippen MR) is 68.6 cm³/mol. The molecule has 0 aliphatic carbocycles. The zero-order chi connectivity index (χ0) is 12.4. The molecule has 0 radical (unpaired) electrons. The lowest BCUT2D eigenvalue weighted by Crippen LogP contribution is -2.39. The third-order valence-electron chi connectivity index (χ3n) is 3.08. The molecule has 0 saturated heterocycles. The van der Waals surface area contributed by atoms with Crippen LogP contribution in [0.15, 0.2) is 24.5 Å². The number of aromatic nitrogens is 1. The SMILES string of the molecule is CC(C)(C=N)C(n1cccc1)C(C)(C)C=N. The number of hydrogen-bond donors (Lipinski definition) is 2. The van der Waals surface area contributed by atoms with Gasteiger partial charge in [0, 0.05) is 35.7 Å². The van der Waals surface area contributed by atoms with Crippen molar-refractivity contribution in [2.24, 2.45) is 10.8 Å². The molecule has 0 aliphatic heterocycles. The van der Waals surface area contributed by atoms with Crippen LogP contribution in [0.5, 0.6) is 0 Å². The van der Waals surface area contributed by atoms with Crippen molar-refractivity contribution in [2.75, 3.05) is 0 Å². The highest BCUT2D eigenvalue weighted by atomic mass is 15.0. The van der Waals surface area contributed by atoms with Crippen molar-refractivity contribution in [1.82, 2.24) is 4.57 Å². The van der Waals surface area contributed by atoms with E-state index in [1.165, 1.54) is 12.4 Å². The van der Waals surface area contributed by atoms with Gasteiger partial charge in [0.25, 0.3) is 0 Å². The van der Waals surface area contributed by atoms with Crippen molar-refractivity contribution in [3.8, 4) is 0 Å². The quantitative estimate of drug-likeness (QED) is 0.713. The molecule has 3 nitrogen and oxygen atoms in total. The third-order valence-corrected chi connectivity index (χ3v) is 3.08. The van der Waals surface area contributed by atoms with Crippen LogP contribution in [-0.2, 0) is 0 Å². The Bertz CT molecular complexity index is 341. The summed E-state index contributed by atoms with van der Waals surface area (Å²) in [6, 6.07) is 4.03. The van der Waals surface area contributed by atoms with E-state index in [-0.39, 0.29) is 16.9 Å². The minimum atomic E-state index is -0.278. The fourth-order valence-electron chi connectivity index (χ4n) is 2.41. The molecule has 88 valence electrons. The van der Waals surface area contributed by atoms with Crippen molar-refractivity contribution in [1.29, 1.82) is 10.8 Å². The van der Waals surface area contributed by atoms with Gasteiger partial charge in [0.15, 0.2) is 0 Å². The van der Waals surface area contributed by atoms with Crippen LogP contribution in [0.3, 0.4) is 0 Å². The number of nitrogens with zero attached hydrogens (tertiary/aromatic N) is 1. The van der Waals surface area contributed by atoms with Crippen molar-refractivity contribution in [2.45, 2.75) is 33.7 Å². The van der Waals surface area contributed by atoms with Gasteiger partial charge in [-0.15, -0.1) is 0 Å². The van der Waals surface area contributed by atoms with Crippen LogP contribution in [0.1, 0.15) is 33.7 Å². The summed E-state index contributed by atoms with van der Waals surface area (Å²) in [5, 5.41) is 15.2. The van der Waals surface area contributed by atoms with E-state index in [0.29, 0.717) is 0 Å². The molecular weight excluding hydrogens is 198 g/mol. The summed E-state index contributed by atoms with van der Waals surface area (Å²) in [7, 11) is 0. The van der Waals surface area contributed by atoms with Crippen LogP contribution in [0, 0.1) is 21.6 Å². The molecule has 0 atom stereocenters. The van der Waals surface area contributed by atoms with E-state index in [9.17, 15) is 0 Å². The summed E-state index contributed by atoms with van der Waals surface area (Å²) in [5.74, 6) is 0. The van der Waals surface area contributed by atoms with E-state index < -0.39 is 0 Å². The van der Waals surface area contributed by atoms with E-state index in [4.69, 9.17) is 10.8 Å². The predicted octanol–water partition coefficient (Wildman–Crippen LogP) is 3.38. The second kappa shape index (κ2) is 4.24. The van der Waals surface area contributed by atoms with Crippen molar-refractivity contribution >= 4 is 12.4 Å². The molecule has 0 aromatic carbocycles. The lowest BCUT2D eigenvalue weighted by molar-refractivity contribution is 0.198. The van der Waals surface area contributed by atoms with Gasteiger partial charge in [-0.05, 0) is 12.1 Å². The van der Waals surface area contributed by atoms with Crippen LogP contribution in [0.4, 0.5) is 0 Å². The van der Waals surface area contributed by atoms with E-state index in [2.05, 4.69) is 4.57 Å². The molecule has 0 saturated carbocycles. The summed E-state index contributed by atoms with van der Waals surface area (Å²) in [5.41, 5.74) is -0.555. The second-order valence-electron chi connectivity index (χ2n) is 5.46. The molecule has 0 aliphatic rings. The van der Waals surface area contributed by atoms with Crippen LogP contribution in [0.25, 0.3) is 0 Å². The first-order valence-electron chi connectivity index (χ1n) is 5.51. The number of hydrogen-bond acceptors (Lipinski definition) is 2. The van der Waals surface area contributed by atoms with E-state index in [0.717, 1.165) is 0 Å². The lowest BCUT2D eigenvalue weighted by atomic mass is 9.71. The largest absolute Gasteiger partial charge is 0.349 e. The maximum Gasteiger partial charge on any atom is 0.0531 e. The Morgan fingerprint density at radius 1 is 0.938 bits per heavy atom. The molecule has 0 unspecified atom stereocenters. The monoisotopic (exact) mass is 219 g/mol. The molecule has 0 bridgehead atoms. The molecular formula is C13H21N3. The van der Waals surface area contributed by atoms with E-state index in [1.807, 2.05) is 52.2 Å². The second-order valence-corrected chi connectivity index (χ2v) is 5.46. The topological polar surface area (TPSA) is 52.6 Å². The van der Waals surface area contributed by atoms with Gasteiger partial charge in [-0.3, -0.25) is 0 Å². The Labute approximate surface area is 97.5 Å². The first-order chi connectivity index (χ1) is 7.35. The first kappa shape index (κ1) is 12.7. The van der Waals surface area contributed by atoms with Gasteiger partial charge < -0.3 is 15.4 Å². The van der Waals surface area contributed by atoms with Crippen molar-refractivity contribution in [3.05, 3.63) is 24.5 Å². The summed E-state index contributed by atoms with van der Waals surface area (Å²) < 4.78 is 2.09. The normalized spacial score (nSPS) is 14.5. The Morgan fingerprint density at radius 3 is 1.62 bits per heavy atom. The summed E-state index contributed by atoms with van der Waals surface area (Å²) >= 11 is 0. The molecule has 2 N–H and O–H groups in total. The highest BCUT2D eigenvalue weighted by Crippen LogP contribution is 2.42. The summed E-state index contributed by atoms with van der Waals surface area (Å²) in [6.45, 7) is 8.15. The van der Waals surface area contributed by atoms with Gasteiger partial charge in [-0.25, -0.2) is 0 Å². The van der Waals surface area contributed by atoms with Crippen LogP contribution in [-0.4, -0.2) is 17.0 Å². The van der Waals surface area contributed by atoms with Gasteiger partial charge in [-0.1, -0.05) is 27.7 Å². The minimum Gasteiger partial charge on any atom is -0.349 e. The Morgan fingerprint density at radius 2 is 1.31 bits per heavy atom. The van der Waals surface area contributed by atoms with Crippen LogP contribution in [0.2, 0.25) is 0 Å². The molecule has 0 amide bonds.